The highest BCUT2D eigenvalue weighted by molar-refractivity contribution is 7.12. The Balaban J connectivity index is 1.52. The van der Waals surface area contributed by atoms with Gasteiger partial charge in [-0.2, -0.15) is 0 Å². The van der Waals surface area contributed by atoms with E-state index in [1.54, 1.807) is 11.3 Å². The van der Waals surface area contributed by atoms with Crippen molar-refractivity contribution in [2.24, 2.45) is 0 Å². The third-order valence-electron chi connectivity index (χ3n) is 5.27. The number of amides is 1. The number of likely N-dealkylation sites (tertiary alicyclic amines) is 2. The van der Waals surface area contributed by atoms with E-state index in [1.165, 1.54) is 25.9 Å². The summed E-state index contributed by atoms with van der Waals surface area (Å²) in [5.74, 6) is 0.273. The number of thiophene rings is 1. The van der Waals surface area contributed by atoms with Crippen LogP contribution in [0.3, 0.4) is 0 Å². The number of carbonyl (C=O) groups excluding carboxylic acids is 2. The number of hydrogen-bond acceptors (Lipinski definition) is 4. The Hall–Kier alpha value is -1.20. The highest BCUT2D eigenvalue weighted by atomic mass is 32.1. The number of rotatable bonds is 6. The molecule has 24 heavy (non-hydrogen) atoms. The minimum Gasteiger partial charge on any atom is -0.338 e. The topological polar surface area (TPSA) is 40.6 Å². The van der Waals surface area contributed by atoms with E-state index in [2.05, 4.69) is 4.90 Å². The van der Waals surface area contributed by atoms with Crippen molar-refractivity contribution in [1.29, 1.82) is 0 Å². The number of hydrogen-bond donors (Lipinski definition) is 0. The molecular formula is C19H28N2O2S. The summed E-state index contributed by atoms with van der Waals surface area (Å²) in [7, 11) is 0. The molecule has 0 spiro atoms. The first-order valence-electron chi connectivity index (χ1n) is 9.16. The average Bonchev–Trinajstić information content (AvgIpc) is 3.27. The monoisotopic (exact) mass is 348 g/mol. The van der Waals surface area contributed by atoms with E-state index in [4.69, 9.17) is 0 Å². The van der Waals surface area contributed by atoms with Crippen molar-refractivity contribution < 1.29 is 9.59 Å². The number of carbonyl (C=O) groups is 2. The minimum absolute atomic E-state index is 0.112. The van der Waals surface area contributed by atoms with Crippen LogP contribution in [0.2, 0.25) is 0 Å². The number of ketones is 1. The van der Waals surface area contributed by atoms with Gasteiger partial charge in [0, 0.05) is 47.3 Å². The molecule has 132 valence electrons. The number of nitrogens with zero attached hydrogens (tertiary/aromatic N) is 2. The second kappa shape index (κ2) is 7.79. The van der Waals surface area contributed by atoms with E-state index in [1.807, 2.05) is 24.8 Å². The smallest absolute Gasteiger partial charge is 0.223 e. The number of Topliss-reactive ketones (excluding diaryl/α,β-unsaturated/α-hetero) is 1. The fourth-order valence-electron chi connectivity index (χ4n) is 4.02. The van der Waals surface area contributed by atoms with Gasteiger partial charge in [0.2, 0.25) is 5.91 Å². The van der Waals surface area contributed by atoms with Crippen LogP contribution in [0.15, 0.2) is 6.07 Å². The molecule has 0 aromatic carbocycles. The largest absolute Gasteiger partial charge is 0.338 e. The van der Waals surface area contributed by atoms with Crippen LogP contribution < -0.4 is 0 Å². The summed E-state index contributed by atoms with van der Waals surface area (Å²) in [6, 6.07) is 2.31. The van der Waals surface area contributed by atoms with Crippen LogP contribution in [-0.2, 0) is 4.79 Å². The Labute approximate surface area is 148 Å². The maximum Gasteiger partial charge on any atom is 0.223 e. The molecule has 1 aromatic heterocycles. The van der Waals surface area contributed by atoms with Crippen LogP contribution in [0.25, 0.3) is 0 Å². The van der Waals surface area contributed by atoms with Gasteiger partial charge in [0.1, 0.15) is 0 Å². The molecule has 5 heteroatoms. The summed E-state index contributed by atoms with van der Waals surface area (Å²) in [4.78, 5) is 31.8. The van der Waals surface area contributed by atoms with Gasteiger partial charge < -0.3 is 9.80 Å². The van der Waals surface area contributed by atoms with Crippen molar-refractivity contribution in [2.75, 3.05) is 26.2 Å². The molecule has 2 fully saturated rings. The molecule has 2 aliphatic rings. The van der Waals surface area contributed by atoms with Crippen molar-refractivity contribution in [3.05, 3.63) is 21.4 Å². The first-order valence-corrected chi connectivity index (χ1v) is 9.98. The molecule has 2 aliphatic heterocycles. The standard InChI is InChI=1S/C19H28N2O2S/c1-14-12-17(15(2)24-14)18(22)7-8-19(23)21-11-5-6-16(21)13-20-9-3-4-10-20/h12,16H,3-11,13H2,1-2H3. The Morgan fingerprint density at radius 1 is 1.12 bits per heavy atom. The van der Waals surface area contributed by atoms with E-state index in [0.29, 0.717) is 18.9 Å². The Kier molecular flexibility index (Phi) is 5.72. The Morgan fingerprint density at radius 3 is 2.54 bits per heavy atom. The predicted octanol–water partition coefficient (Wildman–Crippen LogP) is 3.41. The van der Waals surface area contributed by atoms with Crippen molar-refractivity contribution in [3.63, 3.8) is 0 Å². The van der Waals surface area contributed by atoms with E-state index < -0.39 is 0 Å². The average molecular weight is 349 g/mol. The molecule has 0 bridgehead atoms. The SMILES string of the molecule is Cc1cc(C(=O)CCC(=O)N2CCCC2CN2CCCC2)c(C)s1. The molecule has 1 unspecified atom stereocenters. The minimum atomic E-state index is 0.112. The molecule has 0 saturated carbocycles. The van der Waals surface area contributed by atoms with Crippen LogP contribution >= 0.6 is 11.3 Å². The molecule has 1 amide bonds. The molecule has 0 N–H and O–H groups in total. The summed E-state index contributed by atoms with van der Waals surface area (Å²) in [6.45, 7) is 8.23. The van der Waals surface area contributed by atoms with Gasteiger partial charge in [-0.1, -0.05) is 0 Å². The lowest BCUT2D eigenvalue weighted by Crippen LogP contribution is -2.42. The first-order chi connectivity index (χ1) is 11.5. The third-order valence-corrected chi connectivity index (χ3v) is 6.24. The number of aryl methyl sites for hydroxylation is 2. The lowest BCUT2D eigenvalue weighted by Gasteiger charge is -2.28. The molecule has 1 aromatic rings. The zero-order valence-corrected chi connectivity index (χ0v) is 15.7. The molecule has 3 rings (SSSR count). The fraction of sp³-hybridized carbons (Fsp3) is 0.684. The van der Waals surface area contributed by atoms with Crippen LogP contribution in [0, 0.1) is 13.8 Å². The van der Waals surface area contributed by atoms with Gasteiger partial charge in [-0.25, -0.2) is 0 Å². The maximum atomic E-state index is 12.6. The normalized spacial score (nSPS) is 21.6. The van der Waals surface area contributed by atoms with Gasteiger partial charge >= 0.3 is 0 Å². The maximum absolute atomic E-state index is 12.6. The van der Waals surface area contributed by atoms with Gasteiger partial charge in [0.05, 0.1) is 0 Å². The van der Waals surface area contributed by atoms with Crippen LogP contribution in [0.5, 0.6) is 0 Å². The zero-order chi connectivity index (χ0) is 17.1. The summed E-state index contributed by atoms with van der Waals surface area (Å²) in [6.07, 6.45) is 5.47. The van der Waals surface area contributed by atoms with Gasteiger partial charge in [-0.15, -0.1) is 11.3 Å². The molecular weight excluding hydrogens is 320 g/mol. The lowest BCUT2D eigenvalue weighted by molar-refractivity contribution is -0.132. The first kappa shape index (κ1) is 17.6. The van der Waals surface area contributed by atoms with E-state index >= 15 is 0 Å². The van der Waals surface area contributed by atoms with Crippen LogP contribution in [0.4, 0.5) is 0 Å². The van der Waals surface area contributed by atoms with Crippen molar-refractivity contribution in [3.8, 4) is 0 Å². The molecule has 4 nitrogen and oxygen atoms in total. The quantitative estimate of drug-likeness (QED) is 0.740. The van der Waals surface area contributed by atoms with Gasteiger partial charge in [-0.3, -0.25) is 9.59 Å². The van der Waals surface area contributed by atoms with Crippen LogP contribution in [-0.4, -0.2) is 53.7 Å². The summed E-state index contributed by atoms with van der Waals surface area (Å²) in [5, 5.41) is 0. The molecule has 1 atom stereocenters. The van der Waals surface area contributed by atoms with Crippen molar-refractivity contribution in [1.82, 2.24) is 9.80 Å². The second-order valence-electron chi connectivity index (χ2n) is 7.14. The highest BCUT2D eigenvalue weighted by Gasteiger charge is 2.30. The molecule has 0 aliphatic carbocycles. The van der Waals surface area contributed by atoms with E-state index in [-0.39, 0.29) is 11.7 Å². The lowest BCUT2D eigenvalue weighted by atomic mass is 10.1. The van der Waals surface area contributed by atoms with Gasteiger partial charge in [0.15, 0.2) is 5.78 Å². The van der Waals surface area contributed by atoms with E-state index in [0.717, 1.165) is 41.2 Å². The summed E-state index contributed by atoms with van der Waals surface area (Å²) in [5.41, 5.74) is 0.806. The molecule has 2 saturated heterocycles. The zero-order valence-electron chi connectivity index (χ0n) is 14.8. The van der Waals surface area contributed by atoms with E-state index in [9.17, 15) is 9.59 Å². The molecule has 0 radical (unpaired) electrons. The molecule has 3 heterocycles. The fourth-order valence-corrected chi connectivity index (χ4v) is 4.97. The predicted molar refractivity (Wildman–Crippen MR) is 97.8 cm³/mol. The summed E-state index contributed by atoms with van der Waals surface area (Å²) < 4.78 is 0. The summed E-state index contributed by atoms with van der Waals surface area (Å²) >= 11 is 1.65. The highest BCUT2D eigenvalue weighted by Crippen LogP contribution is 2.24. The van der Waals surface area contributed by atoms with Gasteiger partial charge in [-0.05, 0) is 58.7 Å². The third kappa shape index (κ3) is 4.06. The Morgan fingerprint density at radius 2 is 1.88 bits per heavy atom. The van der Waals surface area contributed by atoms with Crippen molar-refractivity contribution in [2.45, 2.75) is 58.4 Å². The Bertz CT molecular complexity index is 605. The van der Waals surface area contributed by atoms with Gasteiger partial charge in [0.25, 0.3) is 0 Å². The second-order valence-corrected chi connectivity index (χ2v) is 8.60. The van der Waals surface area contributed by atoms with Crippen LogP contribution in [0.1, 0.15) is 58.6 Å². The van der Waals surface area contributed by atoms with Crippen molar-refractivity contribution >= 4 is 23.0 Å².